The molecule has 1 aliphatic heterocycles. The van der Waals surface area contributed by atoms with E-state index in [-0.39, 0.29) is 30.5 Å². The molecule has 0 atom stereocenters. The molecule has 1 aromatic heterocycles. The number of anilines is 1. The maximum atomic E-state index is 12.5. The van der Waals surface area contributed by atoms with Gasteiger partial charge in [0.15, 0.2) is 5.69 Å². The highest BCUT2D eigenvalue weighted by molar-refractivity contribution is 6.04. The molecule has 3 rings (SSSR count). The van der Waals surface area contributed by atoms with Gasteiger partial charge in [0.05, 0.1) is 0 Å². The number of aromatic carboxylic acids is 1. The van der Waals surface area contributed by atoms with Crippen molar-refractivity contribution >= 4 is 23.5 Å². The summed E-state index contributed by atoms with van der Waals surface area (Å²) in [6.07, 6.45) is 0.224. The summed E-state index contributed by atoms with van der Waals surface area (Å²) in [6.45, 7) is 4.45. The predicted octanol–water partition coefficient (Wildman–Crippen LogP) is 1.65. The predicted molar refractivity (Wildman–Crippen MR) is 98.5 cm³/mol. The van der Waals surface area contributed by atoms with Crippen molar-refractivity contribution in [3.05, 3.63) is 46.3 Å². The van der Waals surface area contributed by atoms with Crippen molar-refractivity contribution in [3.63, 3.8) is 0 Å². The van der Waals surface area contributed by atoms with Gasteiger partial charge in [-0.3, -0.25) is 14.3 Å². The summed E-state index contributed by atoms with van der Waals surface area (Å²) in [5.41, 5.74) is 4.03. The van der Waals surface area contributed by atoms with E-state index in [4.69, 9.17) is 0 Å². The monoisotopic (exact) mass is 370 g/mol. The van der Waals surface area contributed by atoms with Crippen LogP contribution in [-0.4, -0.2) is 44.1 Å². The number of hydrogen-bond donors (Lipinski definition) is 2. The second-order valence-electron chi connectivity index (χ2n) is 6.74. The van der Waals surface area contributed by atoms with Crippen LogP contribution in [0.15, 0.2) is 18.2 Å². The van der Waals surface area contributed by atoms with Crippen molar-refractivity contribution in [1.82, 2.24) is 14.7 Å². The Morgan fingerprint density at radius 2 is 2.00 bits per heavy atom. The van der Waals surface area contributed by atoms with Gasteiger partial charge in [-0.1, -0.05) is 12.1 Å². The third-order valence-electron chi connectivity index (χ3n) is 4.99. The van der Waals surface area contributed by atoms with E-state index in [0.29, 0.717) is 24.2 Å². The maximum Gasteiger partial charge on any atom is 0.356 e. The third kappa shape index (κ3) is 3.69. The number of benzene rings is 1. The largest absolute Gasteiger partial charge is 0.476 e. The van der Waals surface area contributed by atoms with Crippen LogP contribution >= 0.6 is 0 Å². The standard InChI is InChI=1S/C19H22N4O4/c1-11-5-4-6-14(12(11)2)20-16(24)9-17(25)23-8-7-15-13(10-23)18(19(26)27)21-22(15)3/h4-6H,7-10H2,1-3H3,(H,20,24)(H,26,27). The summed E-state index contributed by atoms with van der Waals surface area (Å²) >= 11 is 0. The van der Waals surface area contributed by atoms with E-state index < -0.39 is 5.97 Å². The molecule has 0 saturated carbocycles. The van der Waals surface area contributed by atoms with Crippen LogP contribution in [0, 0.1) is 13.8 Å². The first-order chi connectivity index (χ1) is 12.8. The summed E-state index contributed by atoms with van der Waals surface area (Å²) in [7, 11) is 1.69. The Hall–Kier alpha value is -3.16. The molecular weight excluding hydrogens is 348 g/mol. The number of aromatic nitrogens is 2. The number of carbonyl (C=O) groups excluding carboxylic acids is 2. The van der Waals surface area contributed by atoms with Crippen molar-refractivity contribution in [2.24, 2.45) is 7.05 Å². The zero-order valence-electron chi connectivity index (χ0n) is 15.6. The van der Waals surface area contributed by atoms with Gasteiger partial charge in [0.1, 0.15) is 6.42 Å². The molecule has 2 amide bonds. The molecule has 0 unspecified atom stereocenters. The first-order valence-corrected chi connectivity index (χ1v) is 8.69. The molecule has 8 nitrogen and oxygen atoms in total. The molecule has 2 heterocycles. The van der Waals surface area contributed by atoms with Gasteiger partial charge in [0, 0.05) is 43.5 Å². The van der Waals surface area contributed by atoms with E-state index in [9.17, 15) is 19.5 Å². The van der Waals surface area contributed by atoms with Crippen LogP contribution in [0.5, 0.6) is 0 Å². The van der Waals surface area contributed by atoms with Crippen molar-refractivity contribution in [3.8, 4) is 0 Å². The zero-order chi connectivity index (χ0) is 19.7. The van der Waals surface area contributed by atoms with Gasteiger partial charge < -0.3 is 15.3 Å². The normalized spacial score (nSPS) is 13.2. The van der Waals surface area contributed by atoms with Crippen LogP contribution in [0.2, 0.25) is 0 Å². The number of carboxylic acid groups (broad SMARTS) is 1. The van der Waals surface area contributed by atoms with E-state index in [1.807, 2.05) is 26.0 Å². The van der Waals surface area contributed by atoms with Crippen LogP contribution in [0.3, 0.4) is 0 Å². The molecule has 8 heteroatoms. The zero-order valence-corrected chi connectivity index (χ0v) is 15.6. The van der Waals surface area contributed by atoms with Crippen LogP contribution in [0.25, 0.3) is 0 Å². The average molecular weight is 370 g/mol. The first-order valence-electron chi connectivity index (χ1n) is 8.69. The molecule has 0 fully saturated rings. The van der Waals surface area contributed by atoms with Crippen LogP contribution in [0.4, 0.5) is 5.69 Å². The molecule has 1 aromatic carbocycles. The number of fused-ring (bicyclic) bond motifs is 1. The van der Waals surface area contributed by atoms with Gasteiger partial charge in [0.2, 0.25) is 11.8 Å². The number of nitrogens with one attached hydrogen (secondary N) is 1. The fraction of sp³-hybridized carbons (Fsp3) is 0.368. The van der Waals surface area contributed by atoms with Gasteiger partial charge in [-0.05, 0) is 31.0 Å². The fourth-order valence-corrected chi connectivity index (χ4v) is 3.31. The number of hydrogen-bond acceptors (Lipinski definition) is 4. The maximum absolute atomic E-state index is 12.5. The first kappa shape index (κ1) is 18.6. The summed E-state index contributed by atoms with van der Waals surface area (Å²) in [4.78, 5) is 37.7. The number of aryl methyl sites for hydroxylation is 2. The number of rotatable bonds is 4. The Morgan fingerprint density at radius 1 is 1.26 bits per heavy atom. The minimum Gasteiger partial charge on any atom is -0.476 e. The van der Waals surface area contributed by atoms with Crippen molar-refractivity contribution in [2.75, 3.05) is 11.9 Å². The Bertz CT molecular complexity index is 932. The van der Waals surface area contributed by atoms with E-state index >= 15 is 0 Å². The van der Waals surface area contributed by atoms with Crippen LogP contribution in [-0.2, 0) is 29.6 Å². The van der Waals surface area contributed by atoms with Gasteiger partial charge >= 0.3 is 5.97 Å². The molecule has 142 valence electrons. The molecule has 27 heavy (non-hydrogen) atoms. The second-order valence-corrected chi connectivity index (χ2v) is 6.74. The summed E-state index contributed by atoms with van der Waals surface area (Å²) in [6, 6.07) is 5.60. The highest BCUT2D eigenvalue weighted by Gasteiger charge is 2.29. The summed E-state index contributed by atoms with van der Waals surface area (Å²) < 4.78 is 1.55. The molecule has 1 aliphatic rings. The topological polar surface area (TPSA) is 105 Å². The van der Waals surface area contributed by atoms with Crippen molar-refractivity contribution in [1.29, 1.82) is 0 Å². The average Bonchev–Trinajstić information content (AvgIpc) is 2.95. The minimum absolute atomic E-state index is 0.0372. The van der Waals surface area contributed by atoms with Gasteiger partial charge in [0.25, 0.3) is 0 Å². The van der Waals surface area contributed by atoms with Crippen LogP contribution < -0.4 is 5.32 Å². The van der Waals surface area contributed by atoms with Gasteiger partial charge in [-0.2, -0.15) is 5.10 Å². The molecule has 0 spiro atoms. The van der Waals surface area contributed by atoms with E-state index in [1.165, 1.54) is 4.90 Å². The van der Waals surface area contributed by atoms with Gasteiger partial charge in [-0.25, -0.2) is 4.79 Å². The number of nitrogens with zero attached hydrogens (tertiary/aromatic N) is 3. The molecule has 2 aromatic rings. The molecule has 0 aliphatic carbocycles. The van der Waals surface area contributed by atoms with E-state index in [2.05, 4.69) is 10.4 Å². The summed E-state index contributed by atoms with van der Waals surface area (Å²) in [5.74, 6) is -1.83. The molecule has 0 saturated heterocycles. The SMILES string of the molecule is Cc1cccc(NC(=O)CC(=O)N2CCc3c(c(C(=O)O)nn3C)C2)c1C. The highest BCUT2D eigenvalue weighted by Crippen LogP contribution is 2.23. The number of amides is 2. The Kier molecular flexibility index (Phi) is 4.98. The Labute approximate surface area is 156 Å². The molecule has 0 bridgehead atoms. The molecular formula is C19H22N4O4. The third-order valence-corrected chi connectivity index (χ3v) is 4.99. The lowest BCUT2D eigenvalue weighted by atomic mass is 10.0. The van der Waals surface area contributed by atoms with Crippen molar-refractivity contribution < 1.29 is 19.5 Å². The number of carbonyl (C=O) groups is 3. The van der Waals surface area contributed by atoms with E-state index in [1.54, 1.807) is 17.8 Å². The van der Waals surface area contributed by atoms with Crippen molar-refractivity contribution in [2.45, 2.75) is 33.2 Å². The smallest absolute Gasteiger partial charge is 0.356 e. The van der Waals surface area contributed by atoms with Gasteiger partial charge in [-0.15, -0.1) is 0 Å². The molecule has 2 N–H and O–H groups in total. The highest BCUT2D eigenvalue weighted by atomic mass is 16.4. The Balaban J connectivity index is 1.68. The lowest BCUT2D eigenvalue weighted by Crippen LogP contribution is -2.38. The van der Waals surface area contributed by atoms with Crippen LogP contribution in [0.1, 0.15) is 39.3 Å². The lowest BCUT2D eigenvalue weighted by molar-refractivity contribution is -0.135. The molecule has 0 radical (unpaired) electrons. The fourth-order valence-electron chi connectivity index (χ4n) is 3.31. The van der Waals surface area contributed by atoms with E-state index in [0.717, 1.165) is 16.8 Å². The minimum atomic E-state index is -1.12. The summed E-state index contributed by atoms with van der Waals surface area (Å²) in [5, 5.41) is 16.1. The second kappa shape index (κ2) is 7.22. The Morgan fingerprint density at radius 3 is 2.70 bits per heavy atom. The lowest BCUT2D eigenvalue weighted by Gasteiger charge is -2.27. The quantitative estimate of drug-likeness (QED) is 0.797. The number of carboxylic acids is 1.